The number of aryl methyl sites for hydroxylation is 1. The molecule has 0 radical (unpaired) electrons. The highest BCUT2D eigenvalue weighted by Crippen LogP contribution is 2.32. The molecule has 2 aromatic carbocycles. The third kappa shape index (κ3) is 2.26. The molecule has 0 spiro atoms. The summed E-state index contributed by atoms with van der Waals surface area (Å²) in [6.45, 7) is 4.67. The van der Waals surface area contributed by atoms with E-state index in [4.69, 9.17) is 0 Å². The maximum Gasteiger partial charge on any atom is 0.101 e. The third-order valence-corrected chi connectivity index (χ3v) is 3.67. The van der Waals surface area contributed by atoms with Crippen molar-refractivity contribution in [2.24, 2.45) is 0 Å². The fraction of sp³-hybridized carbons (Fsp3) is 0.235. The largest absolute Gasteiger partial charge is 0.339 e. The molecule has 100 valence electrons. The molecular weight excluding hydrogens is 246 g/mol. The lowest BCUT2D eigenvalue weighted by Crippen LogP contribution is -2.25. The molecule has 20 heavy (non-hydrogen) atoms. The average Bonchev–Trinajstić information content (AvgIpc) is 2.69. The first kappa shape index (κ1) is 12.7. The molecule has 1 aliphatic heterocycles. The number of rotatable bonds is 1. The van der Waals surface area contributed by atoms with Gasteiger partial charge < -0.3 is 10.2 Å². The van der Waals surface area contributed by atoms with E-state index in [1.54, 1.807) is 0 Å². The molecule has 2 aromatic rings. The van der Waals surface area contributed by atoms with Crippen LogP contribution in [0.15, 0.2) is 42.5 Å². The Morgan fingerprint density at radius 1 is 1.15 bits per heavy atom. The lowest BCUT2D eigenvalue weighted by atomic mass is 10.1. The van der Waals surface area contributed by atoms with Gasteiger partial charge in [-0.05, 0) is 36.2 Å². The van der Waals surface area contributed by atoms with Crippen LogP contribution in [-0.2, 0) is 6.54 Å². The van der Waals surface area contributed by atoms with E-state index >= 15 is 0 Å². The number of benzene rings is 2. The zero-order valence-electron chi connectivity index (χ0n) is 11.6. The molecule has 3 nitrogen and oxygen atoms in total. The van der Waals surface area contributed by atoms with Crippen LogP contribution in [0.4, 0.5) is 11.4 Å². The first-order valence-electron chi connectivity index (χ1n) is 6.86. The van der Waals surface area contributed by atoms with Crippen LogP contribution in [-0.4, -0.2) is 13.1 Å². The predicted octanol–water partition coefficient (Wildman–Crippen LogP) is 3.11. The fourth-order valence-corrected chi connectivity index (χ4v) is 2.68. The third-order valence-electron chi connectivity index (χ3n) is 3.67. The van der Waals surface area contributed by atoms with Crippen molar-refractivity contribution in [1.82, 2.24) is 5.32 Å². The van der Waals surface area contributed by atoms with Crippen molar-refractivity contribution in [3.63, 3.8) is 0 Å². The quantitative estimate of drug-likeness (QED) is 0.859. The summed E-state index contributed by atoms with van der Waals surface area (Å²) in [6.07, 6.45) is 0. The normalized spacial score (nSPS) is 14.3. The number of fused-ring (bicyclic) bond motifs is 1. The second-order valence-electron chi connectivity index (χ2n) is 5.09. The molecule has 3 heteroatoms. The van der Waals surface area contributed by atoms with E-state index < -0.39 is 0 Å². The van der Waals surface area contributed by atoms with E-state index in [1.807, 2.05) is 13.0 Å². The molecule has 0 saturated carbocycles. The van der Waals surface area contributed by atoms with Crippen molar-refractivity contribution in [2.75, 3.05) is 18.0 Å². The second kappa shape index (κ2) is 5.36. The van der Waals surface area contributed by atoms with Crippen LogP contribution in [0, 0.1) is 18.3 Å². The Bertz CT molecular complexity index is 670. The van der Waals surface area contributed by atoms with Crippen molar-refractivity contribution in [3.05, 3.63) is 59.2 Å². The predicted molar refractivity (Wildman–Crippen MR) is 81.0 cm³/mol. The van der Waals surface area contributed by atoms with Gasteiger partial charge in [0.1, 0.15) is 6.07 Å². The summed E-state index contributed by atoms with van der Waals surface area (Å²) in [5.41, 5.74) is 5.31. The molecule has 1 aliphatic rings. The molecule has 0 atom stereocenters. The summed E-state index contributed by atoms with van der Waals surface area (Å²) < 4.78 is 0. The van der Waals surface area contributed by atoms with Gasteiger partial charge in [-0.15, -0.1) is 0 Å². The molecule has 0 aliphatic carbocycles. The number of nitriles is 1. The first-order valence-corrected chi connectivity index (χ1v) is 6.86. The maximum absolute atomic E-state index is 9.40. The van der Waals surface area contributed by atoms with Gasteiger partial charge in [-0.3, -0.25) is 0 Å². The Morgan fingerprint density at radius 3 is 2.85 bits per heavy atom. The zero-order chi connectivity index (χ0) is 13.9. The number of nitrogens with one attached hydrogen (secondary N) is 1. The van der Waals surface area contributed by atoms with Gasteiger partial charge in [0.05, 0.1) is 11.3 Å². The number of hydrogen-bond acceptors (Lipinski definition) is 3. The molecule has 1 heterocycles. The summed E-state index contributed by atoms with van der Waals surface area (Å²) in [5, 5.41) is 12.8. The van der Waals surface area contributed by atoms with E-state index in [0.29, 0.717) is 0 Å². The van der Waals surface area contributed by atoms with Crippen molar-refractivity contribution < 1.29 is 0 Å². The van der Waals surface area contributed by atoms with Gasteiger partial charge in [0, 0.05) is 25.3 Å². The number of para-hydroxylation sites is 1. The first-order chi connectivity index (χ1) is 9.79. The molecule has 3 rings (SSSR count). The van der Waals surface area contributed by atoms with Gasteiger partial charge in [-0.25, -0.2) is 0 Å². The van der Waals surface area contributed by atoms with Crippen molar-refractivity contribution in [3.8, 4) is 6.07 Å². The Labute approximate surface area is 119 Å². The van der Waals surface area contributed by atoms with E-state index in [9.17, 15) is 5.26 Å². The summed E-state index contributed by atoms with van der Waals surface area (Å²) in [4.78, 5) is 2.24. The maximum atomic E-state index is 9.40. The van der Waals surface area contributed by atoms with Crippen LogP contribution < -0.4 is 10.2 Å². The summed E-state index contributed by atoms with van der Waals surface area (Å²) in [5.74, 6) is 0. The molecule has 0 saturated heterocycles. The average molecular weight is 263 g/mol. The van der Waals surface area contributed by atoms with Gasteiger partial charge in [0.15, 0.2) is 0 Å². The summed E-state index contributed by atoms with van der Waals surface area (Å²) in [6, 6.07) is 16.8. The summed E-state index contributed by atoms with van der Waals surface area (Å²) >= 11 is 0. The van der Waals surface area contributed by atoms with Crippen LogP contribution in [0.5, 0.6) is 0 Å². The smallest absolute Gasteiger partial charge is 0.101 e. The summed E-state index contributed by atoms with van der Waals surface area (Å²) in [7, 11) is 0. The minimum atomic E-state index is 0.738. The number of anilines is 2. The standard InChI is InChI=1S/C17H17N3/c1-13-6-7-17(15(10-13)11-18)20-9-8-19-12-14-4-2-3-5-16(14)20/h2-7,10,19H,8-9,12H2,1H3. The van der Waals surface area contributed by atoms with Gasteiger partial charge in [-0.2, -0.15) is 5.26 Å². The fourth-order valence-electron chi connectivity index (χ4n) is 2.68. The van der Waals surface area contributed by atoms with Gasteiger partial charge in [0.2, 0.25) is 0 Å². The molecule has 0 aromatic heterocycles. The van der Waals surface area contributed by atoms with Crippen LogP contribution in [0.3, 0.4) is 0 Å². The molecular formula is C17H17N3. The zero-order valence-corrected chi connectivity index (χ0v) is 11.6. The Kier molecular flexibility index (Phi) is 3.41. The van der Waals surface area contributed by atoms with Crippen LogP contribution >= 0.6 is 0 Å². The van der Waals surface area contributed by atoms with Crippen LogP contribution in [0.2, 0.25) is 0 Å². The van der Waals surface area contributed by atoms with E-state index in [0.717, 1.165) is 36.4 Å². The number of hydrogen-bond donors (Lipinski definition) is 1. The van der Waals surface area contributed by atoms with Crippen LogP contribution in [0.25, 0.3) is 0 Å². The van der Waals surface area contributed by atoms with Crippen molar-refractivity contribution >= 4 is 11.4 Å². The highest BCUT2D eigenvalue weighted by atomic mass is 15.2. The van der Waals surface area contributed by atoms with E-state index in [2.05, 4.69) is 52.7 Å². The van der Waals surface area contributed by atoms with Gasteiger partial charge in [0.25, 0.3) is 0 Å². The number of nitrogens with zero attached hydrogens (tertiary/aromatic N) is 2. The SMILES string of the molecule is Cc1ccc(N2CCNCc3ccccc32)c(C#N)c1. The van der Waals surface area contributed by atoms with E-state index in [1.165, 1.54) is 11.3 Å². The Balaban J connectivity index is 2.13. The minimum absolute atomic E-state index is 0.738. The van der Waals surface area contributed by atoms with Crippen molar-refractivity contribution in [1.29, 1.82) is 5.26 Å². The molecule has 0 bridgehead atoms. The van der Waals surface area contributed by atoms with E-state index in [-0.39, 0.29) is 0 Å². The molecule has 0 fully saturated rings. The lowest BCUT2D eigenvalue weighted by Gasteiger charge is -2.25. The highest BCUT2D eigenvalue weighted by Gasteiger charge is 2.18. The Hall–Kier alpha value is -2.31. The molecule has 0 unspecified atom stereocenters. The van der Waals surface area contributed by atoms with Gasteiger partial charge in [-0.1, -0.05) is 24.3 Å². The van der Waals surface area contributed by atoms with Gasteiger partial charge >= 0.3 is 0 Å². The second-order valence-corrected chi connectivity index (χ2v) is 5.09. The molecule has 0 amide bonds. The van der Waals surface area contributed by atoms with Crippen molar-refractivity contribution in [2.45, 2.75) is 13.5 Å². The Morgan fingerprint density at radius 2 is 2.00 bits per heavy atom. The minimum Gasteiger partial charge on any atom is -0.339 e. The topological polar surface area (TPSA) is 39.1 Å². The molecule has 1 N–H and O–H groups in total. The lowest BCUT2D eigenvalue weighted by molar-refractivity contribution is 0.712. The monoisotopic (exact) mass is 263 g/mol. The highest BCUT2D eigenvalue weighted by molar-refractivity contribution is 5.72. The van der Waals surface area contributed by atoms with Crippen LogP contribution in [0.1, 0.15) is 16.7 Å².